The molecule has 0 unspecified atom stereocenters. The lowest BCUT2D eigenvalue weighted by molar-refractivity contribution is 0.257. The van der Waals surface area contributed by atoms with Gasteiger partial charge in [-0.05, 0) is 6.92 Å². The summed E-state index contributed by atoms with van der Waals surface area (Å²) >= 11 is 0. The van der Waals surface area contributed by atoms with E-state index < -0.39 is 0 Å². The molecule has 6 heteroatoms. The van der Waals surface area contributed by atoms with Crippen molar-refractivity contribution in [3.05, 3.63) is 24.2 Å². The molecular formula is C11H16N4O2. The molecule has 0 saturated carbocycles. The highest BCUT2D eigenvalue weighted by Gasteiger charge is 2.10. The summed E-state index contributed by atoms with van der Waals surface area (Å²) in [6, 6.07) is 0. The zero-order valence-corrected chi connectivity index (χ0v) is 10.3. The summed E-state index contributed by atoms with van der Waals surface area (Å²) < 4.78 is 12.7. The van der Waals surface area contributed by atoms with Gasteiger partial charge >= 0.3 is 0 Å². The molecule has 0 fully saturated rings. The second-order valence-corrected chi connectivity index (χ2v) is 4.01. The van der Waals surface area contributed by atoms with Crippen LogP contribution < -0.4 is 4.74 Å². The molecule has 0 bridgehead atoms. The minimum atomic E-state index is 0.235. The number of hydrogen-bond donors (Lipinski definition) is 0. The van der Waals surface area contributed by atoms with Crippen molar-refractivity contribution in [2.75, 3.05) is 0 Å². The van der Waals surface area contributed by atoms with Gasteiger partial charge in [-0.2, -0.15) is 5.10 Å². The van der Waals surface area contributed by atoms with Crippen LogP contribution in [-0.4, -0.2) is 20.0 Å². The Bertz CT molecular complexity index is 475. The third-order valence-corrected chi connectivity index (χ3v) is 2.27. The van der Waals surface area contributed by atoms with Crippen LogP contribution >= 0.6 is 0 Å². The molecular weight excluding hydrogens is 220 g/mol. The van der Waals surface area contributed by atoms with Crippen molar-refractivity contribution < 1.29 is 9.15 Å². The van der Waals surface area contributed by atoms with E-state index in [1.165, 1.54) is 0 Å². The van der Waals surface area contributed by atoms with E-state index in [4.69, 9.17) is 9.15 Å². The van der Waals surface area contributed by atoms with Crippen molar-refractivity contribution in [3.8, 4) is 5.75 Å². The number of rotatable bonds is 5. The number of ether oxygens (including phenoxy) is 1. The molecule has 0 radical (unpaired) electrons. The highest BCUT2D eigenvalue weighted by Crippen LogP contribution is 2.14. The minimum absolute atomic E-state index is 0.235. The Kier molecular flexibility index (Phi) is 3.41. The van der Waals surface area contributed by atoms with E-state index in [0.29, 0.717) is 17.5 Å². The number of hydrogen-bond acceptors (Lipinski definition) is 5. The van der Waals surface area contributed by atoms with Gasteiger partial charge in [0.25, 0.3) is 5.89 Å². The van der Waals surface area contributed by atoms with Gasteiger partial charge in [-0.3, -0.25) is 4.68 Å². The van der Waals surface area contributed by atoms with Gasteiger partial charge in [0.05, 0.1) is 12.4 Å². The maximum atomic E-state index is 5.49. The van der Waals surface area contributed by atoms with E-state index in [1.807, 2.05) is 27.0 Å². The van der Waals surface area contributed by atoms with Crippen molar-refractivity contribution in [2.24, 2.45) is 0 Å². The smallest absolute Gasteiger partial charge is 0.253 e. The summed E-state index contributed by atoms with van der Waals surface area (Å²) in [7, 11) is 0. The second-order valence-electron chi connectivity index (χ2n) is 4.01. The first-order valence-corrected chi connectivity index (χ1v) is 5.66. The van der Waals surface area contributed by atoms with Gasteiger partial charge in [-0.1, -0.05) is 13.8 Å². The molecule has 0 saturated heterocycles. The number of aryl methyl sites for hydroxylation is 1. The fraction of sp³-hybridized carbons (Fsp3) is 0.545. The molecule has 2 aromatic rings. The fourth-order valence-corrected chi connectivity index (χ4v) is 1.30. The Morgan fingerprint density at radius 2 is 2.24 bits per heavy atom. The van der Waals surface area contributed by atoms with Crippen LogP contribution in [0.5, 0.6) is 5.75 Å². The summed E-state index contributed by atoms with van der Waals surface area (Å²) in [6.45, 7) is 7.12. The number of aromatic nitrogens is 4. The predicted molar refractivity (Wildman–Crippen MR) is 60.6 cm³/mol. The first-order chi connectivity index (χ1) is 8.19. The third-order valence-electron chi connectivity index (χ3n) is 2.27. The van der Waals surface area contributed by atoms with E-state index in [1.54, 1.807) is 10.9 Å². The van der Waals surface area contributed by atoms with Crippen molar-refractivity contribution in [2.45, 2.75) is 39.8 Å². The van der Waals surface area contributed by atoms with Gasteiger partial charge in [0, 0.05) is 12.5 Å². The molecule has 0 spiro atoms. The lowest BCUT2D eigenvalue weighted by Gasteiger charge is -1.98. The lowest BCUT2D eigenvalue weighted by Crippen LogP contribution is -1.95. The Hall–Kier alpha value is -1.85. The molecule has 0 N–H and O–H groups in total. The van der Waals surface area contributed by atoms with E-state index in [2.05, 4.69) is 15.3 Å². The topological polar surface area (TPSA) is 66.0 Å². The average molecular weight is 236 g/mol. The van der Waals surface area contributed by atoms with Crippen molar-refractivity contribution in [1.29, 1.82) is 0 Å². The van der Waals surface area contributed by atoms with Gasteiger partial charge in [0.2, 0.25) is 5.89 Å². The summed E-state index contributed by atoms with van der Waals surface area (Å²) in [6.07, 6.45) is 3.50. The van der Waals surface area contributed by atoms with Crippen LogP contribution in [0.4, 0.5) is 0 Å². The van der Waals surface area contributed by atoms with Crippen LogP contribution in [0.15, 0.2) is 16.8 Å². The minimum Gasteiger partial charge on any atom is -0.481 e. The first kappa shape index (κ1) is 11.6. The third kappa shape index (κ3) is 2.83. The molecule has 0 amide bonds. The Balaban J connectivity index is 1.92. The largest absolute Gasteiger partial charge is 0.481 e. The highest BCUT2D eigenvalue weighted by molar-refractivity contribution is 5.11. The van der Waals surface area contributed by atoms with Crippen LogP contribution in [0.1, 0.15) is 38.5 Å². The standard InChI is InChI=1S/C11H16N4O2/c1-4-15-6-9(5-12-15)16-7-10-13-14-11(17-10)8(2)3/h5-6,8H,4,7H2,1-3H3. The fourth-order valence-electron chi connectivity index (χ4n) is 1.30. The molecule has 2 heterocycles. The molecule has 92 valence electrons. The molecule has 6 nitrogen and oxygen atoms in total. The SMILES string of the molecule is CCn1cc(OCc2nnc(C(C)C)o2)cn1. The van der Waals surface area contributed by atoms with Crippen LogP contribution in [0, 0.1) is 0 Å². The summed E-state index contributed by atoms with van der Waals surface area (Å²) in [5, 5.41) is 11.9. The van der Waals surface area contributed by atoms with Crippen LogP contribution in [0.2, 0.25) is 0 Å². The molecule has 17 heavy (non-hydrogen) atoms. The van der Waals surface area contributed by atoms with Gasteiger partial charge in [-0.25, -0.2) is 0 Å². The number of nitrogens with zero attached hydrogens (tertiary/aromatic N) is 4. The van der Waals surface area contributed by atoms with Crippen LogP contribution in [-0.2, 0) is 13.2 Å². The molecule has 0 atom stereocenters. The monoisotopic (exact) mass is 236 g/mol. The van der Waals surface area contributed by atoms with Crippen LogP contribution in [0.25, 0.3) is 0 Å². The normalized spacial score (nSPS) is 11.1. The Labute approximate surface area is 99.6 Å². The quantitative estimate of drug-likeness (QED) is 0.794. The maximum absolute atomic E-state index is 5.49. The van der Waals surface area contributed by atoms with Crippen molar-refractivity contribution >= 4 is 0 Å². The van der Waals surface area contributed by atoms with Gasteiger partial charge in [-0.15, -0.1) is 10.2 Å². The van der Waals surface area contributed by atoms with E-state index in [9.17, 15) is 0 Å². The van der Waals surface area contributed by atoms with E-state index in [-0.39, 0.29) is 12.5 Å². The summed E-state index contributed by atoms with van der Waals surface area (Å²) in [5.74, 6) is 2.06. The van der Waals surface area contributed by atoms with E-state index in [0.717, 1.165) is 6.54 Å². The molecule has 2 aromatic heterocycles. The molecule has 2 rings (SSSR count). The first-order valence-electron chi connectivity index (χ1n) is 5.66. The van der Waals surface area contributed by atoms with Crippen molar-refractivity contribution in [3.63, 3.8) is 0 Å². The zero-order chi connectivity index (χ0) is 12.3. The molecule has 0 aromatic carbocycles. The molecule has 0 aliphatic heterocycles. The molecule has 0 aliphatic carbocycles. The van der Waals surface area contributed by atoms with Crippen LogP contribution in [0.3, 0.4) is 0 Å². The second kappa shape index (κ2) is 4.99. The summed E-state index contributed by atoms with van der Waals surface area (Å²) in [5.41, 5.74) is 0. The van der Waals surface area contributed by atoms with Gasteiger partial charge < -0.3 is 9.15 Å². The average Bonchev–Trinajstić information content (AvgIpc) is 2.95. The highest BCUT2D eigenvalue weighted by atomic mass is 16.5. The maximum Gasteiger partial charge on any atom is 0.253 e. The predicted octanol–water partition coefficient (Wildman–Crippen LogP) is 1.99. The Morgan fingerprint density at radius 3 is 2.82 bits per heavy atom. The lowest BCUT2D eigenvalue weighted by atomic mass is 10.2. The Morgan fingerprint density at radius 1 is 1.41 bits per heavy atom. The van der Waals surface area contributed by atoms with Gasteiger partial charge in [0.15, 0.2) is 12.4 Å². The van der Waals surface area contributed by atoms with Gasteiger partial charge in [0.1, 0.15) is 0 Å². The molecule has 0 aliphatic rings. The van der Waals surface area contributed by atoms with E-state index >= 15 is 0 Å². The summed E-state index contributed by atoms with van der Waals surface area (Å²) in [4.78, 5) is 0. The van der Waals surface area contributed by atoms with Crippen molar-refractivity contribution in [1.82, 2.24) is 20.0 Å². The zero-order valence-electron chi connectivity index (χ0n) is 10.3.